The topological polar surface area (TPSA) is 65.4 Å². The lowest BCUT2D eigenvalue weighted by Gasteiger charge is -2.17. The quantitative estimate of drug-likeness (QED) is 0.614. The predicted octanol–water partition coefficient (Wildman–Crippen LogP) is 4.62. The zero-order valence-electron chi connectivity index (χ0n) is 16.9. The Hall–Kier alpha value is -2.99. The molecular weight excluding hydrogens is 390 g/mol. The molecule has 0 saturated heterocycles. The number of carbonyl (C=O) groups excluding carboxylic acids is 1. The van der Waals surface area contributed by atoms with E-state index in [0.29, 0.717) is 23.1 Å². The van der Waals surface area contributed by atoms with Gasteiger partial charge in [0, 0.05) is 11.1 Å². The number of amides is 1. The molecule has 0 fully saturated rings. The van der Waals surface area contributed by atoms with Crippen molar-refractivity contribution in [3.05, 3.63) is 70.4 Å². The van der Waals surface area contributed by atoms with Crippen molar-refractivity contribution in [3.63, 3.8) is 0 Å². The van der Waals surface area contributed by atoms with Crippen molar-refractivity contribution >= 4 is 23.3 Å². The van der Waals surface area contributed by atoms with Gasteiger partial charge >= 0.3 is 0 Å². The lowest BCUT2D eigenvalue weighted by molar-refractivity contribution is -0.122. The molecule has 0 spiro atoms. The average molecular weight is 414 g/mol. The molecule has 29 heavy (non-hydrogen) atoms. The van der Waals surface area contributed by atoms with Gasteiger partial charge in [0.2, 0.25) is 0 Å². The summed E-state index contributed by atoms with van der Waals surface area (Å²) in [5.41, 5.74) is 2.86. The second kappa shape index (κ2) is 9.01. The number of aryl methyl sites for hydroxylation is 2. The molecule has 6 nitrogen and oxygen atoms in total. The Morgan fingerprint density at radius 1 is 1.14 bits per heavy atom. The number of methoxy groups -OCH3 is 1. The third-order valence-electron chi connectivity index (χ3n) is 4.55. The Morgan fingerprint density at radius 3 is 2.41 bits per heavy atom. The second-order valence-corrected chi connectivity index (χ2v) is 7.22. The summed E-state index contributed by atoms with van der Waals surface area (Å²) in [6, 6.07) is 13.1. The van der Waals surface area contributed by atoms with Crippen molar-refractivity contribution in [1.82, 2.24) is 9.78 Å². The maximum atomic E-state index is 12.6. The molecule has 0 aliphatic carbocycles. The summed E-state index contributed by atoms with van der Waals surface area (Å²) in [7, 11) is 1.63. The minimum atomic E-state index is -0.681. The summed E-state index contributed by atoms with van der Waals surface area (Å²) in [6.45, 7) is 6.05. The summed E-state index contributed by atoms with van der Waals surface area (Å²) in [4.78, 5) is 12.6. The average Bonchev–Trinajstić information content (AvgIpc) is 3.13. The zero-order chi connectivity index (χ0) is 21.0. The maximum absolute atomic E-state index is 12.6. The number of ether oxygens (including phenoxy) is 2. The Morgan fingerprint density at radius 2 is 1.79 bits per heavy atom. The summed E-state index contributed by atoms with van der Waals surface area (Å²) < 4.78 is 12.7. The molecule has 7 heteroatoms. The van der Waals surface area contributed by atoms with E-state index in [1.807, 2.05) is 50.2 Å². The van der Waals surface area contributed by atoms with Gasteiger partial charge in [-0.2, -0.15) is 5.10 Å². The molecule has 0 unspecified atom stereocenters. The molecule has 1 amide bonds. The highest BCUT2D eigenvalue weighted by molar-refractivity contribution is 6.32. The van der Waals surface area contributed by atoms with Gasteiger partial charge in [-0.1, -0.05) is 23.7 Å². The van der Waals surface area contributed by atoms with E-state index in [4.69, 9.17) is 21.1 Å². The second-order valence-electron chi connectivity index (χ2n) is 6.84. The highest BCUT2D eigenvalue weighted by Gasteiger charge is 2.17. The summed E-state index contributed by atoms with van der Waals surface area (Å²) in [5.74, 6) is 1.75. The van der Waals surface area contributed by atoms with Crippen LogP contribution < -0.4 is 14.8 Å². The van der Waals surface area contributed by atoms with Crippen LogP contribution in [0.5, 0.6) is 11.5 Å². The third-order valence-corrected chi connectivity index (χ3v) is 5.15. The van der Waals surface area contributed by atoms with Gasteiger partial charge < -0.3 is 14.8 Å². The van der Waals surface area contributed by atoms with E-state index in [9.17, 15) is 4.79 Å². The first-order chi connectivity index (χ1) is 13.9. The SMILES string of the molecule is COc1ccc(Cn2nccc2NC(=O)[C@@H](C)Oc2cc(C)c(Cl)c(C)c2)cc1. The molecule has 0 radical (unpaired) electrons. The standard InChI is InChI=1S/C22H24ClN3O3/c1-14-11-19(12-15(2)21(14)23)29-16(3)22(27)25-20-9-10-24-26(20)13-17-5-7-18(28-4)8-6-17/h5-12,16H,13H2,1-4H3,(H,25,27)/t16-/m1/s1. The molecule has 0 bridgehead atoms. The largest absolute Gasteiger partial charge is 0.497 e. The maximum Gasteiger partial charge on any atom is 0.266 e. The van der Waals surface area contributed by atoms with Crippen LogP contribution in [-0.4, -0.2) is 28.9 Å². The molecule has 1 atom stereocenters. The van der Waals surface area contributed by atoms with Gasteiger partial charge in [-0.15, -0.1) is 0 Å². The van der Waals surface area contributed by atoms with E-state index in [1.165, 1.54) is 0 Å². The monoisotopic (exact) mass is 413 g/mol. The molecule has 0 saturated carbocycles. The summed E-state index contributed by atoms with van der Waals surface area (Å²) in [5, 5.41) is 7.88. The number of benzene rings is 2. The number of aromatic nitrogens is 2. The summed E-state index contributed by atoms with van der Waals surface area (Å²) >= 11 is 6.19. The summed E-state index contributed by atoms with van der Waals surface area (Å²) in [6.07, 6.45) is 0.968. The fourth-order valence-corrected chi connectivity index (χ4v) is 3.04. The van der Waals surface area contributed by atoms with Crippen LogP contribution in [0.1, 0.15) is 23.6 Å². The molecule has 1 N–H and O–H groups in total. The van der Waals surface area contributed by atoms with Crippen molar-refractivity contribution in [3.8, 4) is 11.5 Å². The highest BCUT2D eigenvalue weighted by Crippen LogP contribution is 2.26. The van der Waals surface area contributed by atoms with Gasteiger partial charge in [0.15, 0.2) is 6.10 Å². The van der Waals surface area contributed by atoms with Gasteiger partial charge in [0.05, 0.1) is 19.9 Å². The van der Waals surface area contributed by atoms with Crippen LogP contribution in [0.15, 0.2) is 48.7 Å². The number of hydrogen-bond donors (Lipinski definition) is 1. The molecule has 152 valence electrons. The number of anilines is 1. The Kier molecular flexibility index (Phi) is 6.44. The molecular formula is C22H24ClN3O3. The number of carbonyl (C=O) groups is 1. The first-order valence-corrected chi connectivity index (χ1v) is 9.64. The van der Waals surface area contributed by atoms with E-state index < -0.39 is 6.10 Å². The first-order valence-electron chi connectivity index (χ1n) is 9.26. The first kappa shape index (κ1) is 20.7. The fraction of sp³-hybridized carbons (Fsp3) is 0.273. The van der Waals surface area contributed by atoms with Crippen molar-refractivity contribution in [2.45, 2.75) is 33.4 Å². The minimum absolute atomic E-state index is 0.258. The van der Waals surface area contributed by atoms with E-state index in [1.54, 1.807) is 31.0 Å². The highest BCUT2D eigenvalue weighted by atomic mass is 35.5. The van der Waals surface area contributed by atoms with Crippen LogP contribution in [0.25, 0.3) is 0 Å². The van der Waals surface area contributed by atoms with Crippen LogP contribution in [0.4, 0.5) is 5.82 Å². The number of hydrogen-bond acceptors (Lipinski definition) is 4. The van der Waals surface area contributed by atoms with Gasteiger partial charge in [0.25, 0.3) is 5.91 Å². The number of rotatable bonds is 7. The van der Waals surface area contributed by atoms with Crippen LogP contribution in [0, 0.1) is 13.8 Å². The fourth-order valence-electron chi connectivity index (χ4n) is 2.93. The predicted molar refractivity (Wildman–Crippen MR) is 114 cm³/mol. The smallest absolute Gasteiger partial charge is 0.266 e. The van der Waals surface area contributed by atoms with Gasteiger partial charge in [0.1, 0.15) is 17.3 Å². The van der Waals surface area contributed by atoms with Gasteiger partial charge in [-0.25, -0.2) is 4.68 Å². The van der Waals surface area contributed by atoms with E-state index in [0.717, 1.165) is 22.4 Å². The lowest BCUT2D eigenvalue weighted by Crippen LogP contribution is -2.31. The number of nitrogens with one attached hydrogen (secondary N) is 1. The van der Waals surface area contributed by atoms with Gasteiger partial charge in [-0.3, -0.25) is 4.79 Å². The van der Waals surface area contributed by atoms with Crippen molar-refractivity contribution in [1.29, 1.82) is 0 Å². The Bertz CT molecular complexity index is 976. The minimum Gasteiger partial charge on any atom is -0.497 e. The molecule has 3 aromatic rings. The normalized spacial score (nSPS) is 11.8. The van der Waals surface area contributed by atoms with E-state index >= 15 is 0 Å². The van der Waals surface area contributed by atoms with Crippen molar-refractivity contribution in [2.24, 2.45) is 0 Å². The Balaban J connectivity index is 1.65. The van der Waals surface area contributed by atoms with E-state index in [-0.39, 0.29) is 5.91 Å². The lowest BCUT2D eigenvalue weighted by atomic mass is 10.1. The van der Waals surface area contributed by atoms with Gasteiger partial charge in [-0.05, 0) is 61.7 Å². The molecule has 1 heterocycles. The molecule has 0 aliphatic rings. The third kappa shape index (κ3) is 5.09. The zero-order valence-corrected chi connectivity index (χ0v) is 17.7. The van der Waals surface area contributed by atoms with Crippen LogP contribution in [0.2, 0.25) is 5.02 Å². The van der Waals surface area contributed by atoms with Crippen LogP contribution in [-0.2, 0) is 11.3 Å². The van der Waals surface area contributed by atoms with Crippen LogP contribution in [0.3, 0.4) is 0 Å². The molecule has 1 aromatic heterocycles. The Labute approximate surface area is 175 Å². The van der Waals surface area contributed by atoms with Crippen LogP contribution >= 0.6 is 11.6 Å². The molecule has 0 aliphatic heterocycles. The van der Waals surface area contributed by atoms with Crippen molar-refractivity contribution in [2.75, 3.05) is 12.4 Å². The van der Waals surface area contributed by atoms with Crippen molar-refractivity contribution < 1.29 is 14.3 Å². The number of halogens is 1. The number of nitrogens with zero attached hydrogens (tertiary/aromatic N) is 2. The molecule has 2 aromatic carbocycles. The molecule has 3 rings (SSSR count). The van der Waals surface area contributed by atoms with E-state index in [2.05, 4.69) is 10.4 Å².